The van der Waals surface area contributed by atoms with Crippen LogP contribution in [0.2, 0.25) is 0 Å². The van der Waals surface area contributed by atoms with Crippen molar-refractivity contribution in [3.63, 3.8) is 0 Å². The molecule has 0 bridgehead atoms. The fourth-order valence-electron chi connectivity index (χ4n) is 3.27. The Morgan fingerprint density at radius 1 is 1.25 bits per heavy atom. The molecule has 1 aromatic rings. The Bertz CT molecular complexity index is 592. The van der Waals surface area contributed by atoms with Crippen LogP contribution in [-0.2, 0) is 10.2 Å². The maximum Gasteiger partial charge on any atom is 0.223 e. The SMILES string of the molecule is CC(C)(CNC(=O)C1CCC(N)C1)c1ccc2c(c1)OCCO2.Cl. The molecule has 134 valence electrons. The third kappa shape index (κ3) is 4.14. The molecular formula is C18H27ClN2O3. The van der Waals surface area contributed by atoms with E-state index in [0.717, 1.165) is 36.3 Å². The Balaban J connectivity index is 0.00000208. The molecular weight excluding hydrogens is 328 g/mol. The summed E-state index contributed by atoms with van der Waals surface area (Å²) in [5, 5.41) is 3.10. The number of rotatable bonds is 4. The molecule has 3 rings (SSSR count). The number of halogens is 1. The Labute approximate surface area is 149 Å². The van der Waals surface area contributed by atoms with E-state index in [2.05, 4.69) is 19.2 Å². The number of benzene rings is 1. The van der Waals surface area contributed by atoms with Crippen molar-refractivity contribution in [3.05, 3.63) is 23.8 Å². The van der Waals surface area contributed by atoms with Gasteiger partial charge in [-0.1, -0.05) is 19.9 Å². The number of ether oxygens (including phenoxy) is 2. The van der Waals surface area contributed by atoms with Crippen LogP contribution in [0.1, 0.15) is 38.7 Å². The first-order valence-corrected chi connectivity index (χ1v) is 8.39. The summed E-state index contributed by atoms with van der Waals surface area (Å²) in [6, 6.07) is 6.19. The summed E-state index contributed by atoms with van der Waals surface area (Å²) in [5.74, 6) is 1.78. The van der Waals surface area contributed by atoms with Crippen LogP contribution in [0.3, 0.4) is 0 Å². The van der Waals surface area contributed by atoms with Crippen LogP contribution >= 0.6 is 12.4 Å². The van der Waals surface area contributed by atoms with E-state index in [4.69, 9.17) is 15.2 Å². The summed E-state index contributed by atoms with van der Waals surface area (Å²) in [6.07, 6.45) is 2.65. The number of carbonyl (C=O) groups excluding carboxylic acids is 1. The van der Waals surface area contributed by atoms with Gasteiger partial charge in [-0.15, -0.1) is 12.4 Å². The molecule has 2 unspecified atom stereocenters. The van der Waals surface area contributed by atoms with Gasteiger partial charge in [-0.25, -0.2) is 0 Å². The molecule has 1 heterocycles. The lowest BCUT2D eigenvalue weighted by Crippen LogP contribution is -2.39. The van der Waals surface area contributed by atoms with Gasteiger partial charge in [0, 0.05) is 23.9 Å². The number of fused-ring (bicyclic) bond motifs is 1. The summed E-state index contributed by atoms with van der Waals surface area (Å²) in [6.45, 7) is 6.01. The molecule has 1 saturated carbocycles. The zero-order chi connectivity index (χ0) is 16.4. The van der Waals surface area contributed by atoms with Crippen LogP contribution < -0.4 is 20.5 Å². The average molecular weight is 355 g/mol. The third-order valence-corrected chi connectivity index (χ3v) is 4.87. The van der Waals surface area contributed by atoms with E-state index in [9.17, 15) is 4.79 Å². The Hall–Kier alpha value is -1.46. The monoisotopic (exact) mass is 354 g/mol. The second-order valence-corrected chi connectivity index (χ2v) is 7.23. The van der Waals surface area contributed by atoms with Crippen LogP contribution in [0.5, 0.6) is 11.5 Å². The maximum absolute atomic E-state index is 12.3. The van der Waals surface area contributed by atoms with Gasteiger partial charge in [-0.3, -0.25) is 4.79 Å². The first-order chi connectivity index (χ1) is 11.0. The van der Waals surface area contributed by atoms with Gasteiger partial charge < -0.3 is 20.5 Å². The van der Waals surface area contributed by atoms with Gasteiger partial charge in [0.25, 0.3) is 0 Å². The molecule has 2 aliphatic rings. The smallest absolute Gasteiger partial charge is 0.223 e. The number of hydrogen-bond acceptors (Lipinski definition) is 4. The summed E-state index contributed by atoms with van der Waals surface area (Å²) in [7, 11) is 0. The number of carbonyl (C=O) groups is 1. The minimum absolute atomic E-state index is 0. The Morgan fingerprint density at radius 2 is 1.96 bits per heavy atom. The highest BCUT2D eigenvalue weighted by Crippen LogP contribution is 2.35. The molecule has 1 aromatic carbocycles. The minimum atomic E-state index is -0.174. The largest absolute Gasteiger partial charge is 0.486 e. The van der Waals surface area contributed by atoms with Crippen molar-refractivity contribution in [1.29, 1.82) is 0 Å². The quantitative estimate of drug-likeness (QED) is 0.870. The maximum atomic E-state index is 12.3. The van der Waals surface area contributed by atoms with Gasteiger partial charge in [-0.2, -0.15) is 0 Å². The van der Waals surface area contributed by atoms with Crippen LogP contribution in [0.15, 0.2) is 18.2 Å². The van der Waals surface area contributed by atoms with Crippen LogP contribution in [-0.4, -0.2) is 31.7 Å². The van der Waals surface area contributed by atoms with Gasteiger partial charge >= 0.3 is 0 Å². The first-order valence-electron chi connectivity index (χ1n) is 8.39. The minimum Gasteiger partial charge on any atom is -0.486 e. The molecule has 0 aromatic heterocycles. The molecule has 3 N–H and O–H groups in total. The van der Waals surface area contributed by atoms with Gasteiger partial charge in [0.05, 0.1) is 0 Å². The normalized spacial score (nSPS) is 22.6. The van der Waals surface area contributed by atoms with Crippen molar-refractivity contribution in [2.24, 2.45) is 11.7 Å². The fraction of sp³-hybridized carbons (Fsp3) is 0.611. The highest BCUT2D eigenvalue weighted by Gasteiger charge is 2.30. The summed E-state index contributed by atoms with van der Waals surface area (Å²) in [5.41, 5.74) is 6.85. The van der Waals surface area contributed by atoms with Crippen molar-refractivity contribution in [3.8, 4) is 11.5 Å². The Kier molecular flexibility index (Phi) is 5.99. The molecule has 0 saturated heterocycles. The summed E-state index contributed by atoms with van der Waals surface area (Å²) >= 11 is 0. The summed E-state index contributed by atoms with van der Waals surface area (Å²) in [4.78, 5) is 12.3. The molecule has 6 heteroatoms. The van der Waals surface area contributed by atoms with E-state index < -0.39 is 0 Å². The van der Waals surface area contributed by atoms with E-state index in [1.54, 1.807) is 0 Å². The highest BCUT2D eigenvalue weighted by atomic mass is 35.5. The second-order valence-electron chi connectivity index (χ2n) is 7.23. The number of nitrogens with one attached hydrogen (secondary N) is 1. The van der Waals surface area contributed by atoms with E-state index in [1.165, 1.54) is 0 Å². The lowest BCUT2D eigenvalue weighted by Gasteiger charge is -2.28. The predicted octanol–water partition coefficient (Wildman–Crippen LogP) is 2.40. The van der Waals surface area contributed by atoms with E-state index in [0.29, 0.717) is 19.8 Å². The van der Waals surface area contributed by atoms with Crippen molar-refractivity contribution < 1.29 is 14.3 Å². The van der Waals surface area contributed by atoms with Gasteiger partial charge in [0.15, 0.2) is 11.5 Å². The highest BCUT2D eigenvalue weighted by molar-refractivity contribution is 5.85. The number of hydrogen-bond donors (Lipinski definition) is 2. The number of amides is 1. The lowest BCUT2D eigenvalue weighted by atomic mass is 9.84. The van der Waals surface area contributed by atoms with Gasteiger partial charge in [0.2, 0.25) is 5.91 Å². The van der Waals surface area contributed by atoms with E-state index in [1.807, 2.05) is 18.2 Å². The molecule has 2 atom stereocenters. The van der Waals surface area contributed by atoms with Crippen molar-refractivity contribution in [2.45, 2.75) is 44.6 Å². The van der Waals surface area contributed by atoms with E-state index >= 15 is 0 Å². The van der Waals surface area contributed by atoms with Crippen LogP contribution in [0, 0.1) is 5.92 Å². The molecule has 24 heavy (non-hydrogen) atoms. The second kappa shape index (κ2) is 7.62. The van der Waals surface area contributed by atoms with Crippen LogP contribution in [0.25, 0.3) is 0 Å². The zero-order valence-corrected chi connectivity index (χ0v) is 15.2. The first kappa shape index (κ1) is 18.9. The standard InChI is InChI=1S/C18H26N2O3.ClH/c1-18(2,11-20-17(21)12-3-5-14(19)9-12)13-4-6-15-16(10-13)23-8-7-22-15;/h4,6,10,12,14H,3,5,7-9,11,19H2,1-2H3,(H,20,21);1H. The third-order valence-electron chi connectivity index (χ3n) is 4.87. The predicted molar refractivity (Wildman–Crippen MR) is 96.0 cm³/mol. The topological polar surface area (TPSA) is 73.6 Å². The van der Waals surface area contributed by atoms with Crippen LogP contribution in [0.4, 0.5) is 0 Å². The zero-order valence-electron chi connectivity index (χ0n) is 14.3. The van der Waals surface area contributed by atoms with E-state index in [-0.39, 0.29) is 35.7 Å². The lowest BCUT2D eigenvalue weighted by molar-refractivity contribution is -0.125. The molecule has 5 nitrogen and oxygen atoms in total. The van der Waals surface area contributed by atoms with Crippen molar-refractivity contribution in [2.75, 3.05) is 19.8 Å². The molecule has 1 fully saturated rings. The fourth-order valence-corrected chi connectivity index (χ4v) is 3.27. The van der Waals surface area contributed by atoms with Crippen molar-refractivity contribution in [1.82, 2.24) is 5.32 Å². The van der Waals surface area contributed by atoms with Gasteiger partial charge in [0.1, 0.15) is 13.2 Å². The average Bonchev–Trinajstić information content (AvgIpc) is 2.99. The molecule has 1 aliphatic carbocycles. The molecule has 0 spiro atoms. The molecule has 0 radical (unpaired) electrons. The molecule has 1 amide bonds. The van der Waals surface area contributed by atoms with Crippen molar-refractivity contribution >= 4 is 18.3 Å². The molecule has 1 aliphatic heterocycles. The van der Waals surface area contributed by atoms with Gasteiger partial charge in [-0.05, 0) is 37.0 Å². The summed E-state index contributed by atoms with van der Waals surface area (Å²) < 4.78 is 11.2. The number of nitrogens with two attached hydrogens (primary N) is 1. The Morgan fingerprint density at radius 3 is 2.62 bits per heavy atom.